The fourth-order valence-electron chi connectivity index (χ4n) is 1.54. The molecule has 0 aliphatic rings. The smallest absolute Gasteiger partial charge is 0.338 e. The average molecular weight is 246 g/mol. The van der Waals surface area contributed by atoms with Gasteiger partial charge in [-0.2, -0.15) is 0 Å². The van der Waals surface area contributed by atoms with Crippen LogP contribution in [-0.2, 0) is 0 Å². The summed E-state index contributed by atoms with van der Waals surface area (Å²) in [5, 5.41) is 11.7. The summed E-state index contributed by atoms with van der Waals surface area (Å²) in [7, 11) is 0. The molecule has 1 aromatic heterocycles. The third-order valence-corrected chi connectivity index (χ3v) is 2.50. The molecule has 1 aromatic carbocycles. The predicted molar refractivity (Wildman–Crippen MR) is 65.6 cm³/mol. The van der Waals surface area contributed by atoms with E-state index in [0.29, 0.717) is 5.69 Å². The maximum absolute atomic E-state index is 13.5. The van der Waals surface area contributed by atoms with E-state index in [1.807, 2.05) is 6.92 Å². The van der Waals surface area contributed by atoms with Gasteiger partial charge in [-0.15, -0.1) is 0 Å². The van der Waals surface area contributed by atoms with Crippen molar-refractivity contribution in [3.05, 3.63) is 53.6 Å². The molecule has 2 N–H and O–H groups in total. The Bertz CT molecular complexity index is 599. The van der Waals surface area contributed by atoms with E-state index in [2.05, 4.69) is 10.3 Å². The number of anilines is 2. The summed E-state index contributed by atoms with van der Waals surface area (Å²) in [4.78, 5) is 14.6. The van der Waals surface area contributed by atoms with E-state index in [4.69, 9.17) is 5.11 Å². The minimum atomic E-state index is -1.28. The maximum Gasteiger partial charge on any atom is 0.338 e. The second-order valence-corrected chi connectivity index (χ2v) is 3.82. The number of nitrogens with zero attached hydrogens (tertiary/aromatic N) is 1. The highest BCUT2D eigenvalue weighted by molar-refractivity contribution is 5.88. The molecule has 5 heteroatoms. The van der Waals surface area contributed by atoms with E-state index in [1.165, 1.54) is 12.1 Å². The summed E-state index contributed by atoms with van der Waals surface area (Å²) < 4.78 is 13.5. The van der Waals surface area contributed by atoms with Crippen LogP contribution in [-0.4, -0.2) is 16.1 Å². The Hall–Kier alpha value is -2.43. The molecule has 0 bridgehead atoms. The van der Waals surface area contributed by atoms with Crippen molar-refractivity contribution in [2.45, 2.75) is 6.92 Å². The summed E-state index contributed by atoms with van der Waals surface area (Å²) in [5.41, 5.74) is 1.87. The van der Waals surface area contributed by atoms with Crippen molar-refractivity contribution in [2.24, 2.45) is 0 Å². The molecule has 0 atom stereocenters. The first kappa shape index (κ1) is 12.0. The van der Waals surface area contributed by atoms with Crippen molar-refractivity contribution in [2.75, 3.05) is 5.32 Å². The van der Waals surface area contributed by atoms with Crippen molar-refractivity contribution in [1.29, 1.82) is 0 Å². The molecule has 18 heavy (non-hydrogen) atoms. The Labute approximate surface area is 103 Å². The van der Waals surface area contributed by atoms with Gasteiger partial charge in [-0.3, -0.25) is 4.98 Å². The molecule has 4 nitrogen and oxygen atoms in total. The first-order valence-electron chi connectivity index (χ1n) is 5.28. The van der Waals surface area contributed by atoms with E-state index in [1.54, 1.807) is 18.5 Å². The second-order valence-electron chi connectivity index (χ2n) is 3.82. The van der Waals surface area contributed by atoms with Crippen LogP contribution in [0.5, 0.6) is 0 Å². The fraction of sp³-hybridized carbons (Fsp3) is 0.0769. The number of carbonyl (C=O) groups is 1. The lowest BCUT2D eigenvalue weighted by Gasteiger charge is -2.09. The number of aromatic carboxylic acids is 1. The van der Waals surface area contributed by atoms with Crippen LogP contribution in [0.4, 0.5) is 15.8 Å². The standard InChI is InChI=1S/C13H11FN2O2/c1-8-7-15-5-4-12(8)16-9-2-3-10(13(17)18)11(14)6-9/h2-7H,1H3,(H,15,16)(H,17,18). The molecule has 2 aromatic rings. The molecular formula is C13H11FN2O2. The lowest BCUT2D eigenvalue weighted by Crippen LogP contribution is -2.01. The van der Waals surface area contributed by atoms with Crippen molar-refractivity contribution in [1.82, 2.24) is 4.98 Å². The molecule has 0 saturated carbocycles. The van der Waals surface area contributed by atoms with Crippen LogP contribution in [0.1, 0.15) is 15.9 Å². The molecule has 92 valence electrons. The van der Waals surface area contributed by atoms with Crippen molar-refractivity contribution in [3.8, 4) is 0 Å². The number of pyridine rings is 1. The molecule has 0 aliphatic heterocycles. The number of nitrogens with one attached hydrogen (secondary N) is 1. The Morgan fingerprint density at radius 1 is 1.39 bits per heavy atom. The number of halogens is 1. The highest BCUT2D eigenvalue weighted by atomic mass is 19.1. The summed E-state index contributed by atoms with van der Waals surface area (Å²) in [5.74, 6) is -2.04. The van der Waals surface area contributed by atoms with Crippen LogP contribution in [0.15, 0.2) is 36.7 Å². The number of carboxylic acids is 1. The normalized spacial score (nSPS) is 10.1. The van der Waals surface area contributed by atoms with Crippen molar-refractivity contribution >= 4 is 17.3 Å². The number of hydrogen-bond donors (Lipinski definition) is 2. The first-order chi connectivity index (χ1) is 8.58. The van der Waals surface area contributed by atoms with Crippen LogP contribution in [0.3, 0.4) is 0 Å². The zero-order chi connectivity index (χ0) is 13.1. The number of rotatable bonds is 3. The SMILES string of the molecule is Cc1cnccc1Nc1ccc(C(=O)O)c(F)c1. The molecule has 0 fully saturated rings. The summed E-state index contributed by atoms with van der Waals surface area (Å²) in [6.45, 7) is 1.87. The lowest BCUT2D eigenvalue weighted by atomic mass is 10.2. The molecule has 0 amide bonds. The van der Waals surface area contributed by atoms with Gasteiger partial charge in [-0.1, -0.05) is 0 Å². The van der Waals surface area contributed by atoms with Crippen LogP contribution < -0.4 is 5.32 Å². The van der Waals surface area contributed by atoms with Gasteiger partial charge >= 0.3 is 5.97 Å². The minimum Gasteiger partial charge on any atom is -0.478 e. The van der Waals surface area contributed by atoms with E-state index in [0.717, 1.165) is 17.3 Å². The zero-order valence-electron chi connectivity index (χ0n) is 9.64. The average Bonchev–Trinajstić information content (AvgIpc) is 2.32. The van der Waals surface area contributed by atoms with Gasteiger partial charge in [0.1, 0.15) is 5.82 Å². The zero-order valence-corrected chi connectivity index (χ0v) is 9.64. The number of hydrogen-bond acceptors (Lipinski definition) is 3. The number of aromatic nitrogens is 1. The van der Waals surface area contributed by atoms with Gasteiger partial charge in [-0.25, -0.2) is 9.18 Å². The van der Waals surface area contributed by atoms with Gasteiger partial charge < -0.3 is 10.4 Å². The van der Waals surface area contributed by atoms with Crippen LogP contribution in [0.2, 0.25) is 0 Å². The van der Waals surface area contributed by atoms with E-state index in [9.17, 15) is 9.18 Å². The molecule has 0 aliphatic carbocycles. The minimum absolute atomic E-state index is 0.341. The largest absolute Gasteiger partial charge is 0.478 e. The lowest BCUT2D eigenvalue weighted by molar-refractivity contribution is 0.0692. The first-order valence-corrected chi connectivity index (χ1v) is 5.28. The van der Waals surface area contributed by atoms with Gasteiger partial charge in [0.25, 0.3) is 0 Å². The van der Waals surface area contributed by atoms with Crippen molar-refractivity contribution < 1.29 is 14.3 Å². The predicted octanol–water partition coefficient (Wildman–Crippen LogP) is 2.97. The Balaban J connectivity index is 2.29. The van der Waals surface area contributed by atoms with Gasteiger partial charge in [0.15, 0.2) is 0 Å². The second kappa shape index (κ2) is 4.83. The molecule has 0 saturated heterocycles. The van der Waals surface area contributed by atoms with Gasteiger partial charge in [0, 0.05) is 23.8 Å². The Kier molecular flexibility index (Phi) is 3.23. The Morgan fingerprint density at radius 2 is 2.17 bits per heavy atom. The highest BCUT2D eigenvalue weighted by Crippen LogP contribution is 2.21. The van der Waals surface area contributed by atoms with E-state index in [-0.39, 0.29) is 5.56 Å². The summed E-state index contributed by atoms with van der Waals surface area (Å²) >= 11 is 0. The molecular weight excluding hydrogens is 235 g/mol. The van der Waals surface area contributed by atoms with E-state index >= 15 is 0 Å². The Morgan fingerprint density at radius 3 is 2.78 bits per heavy atom. The van der Waals surface area contributed by atoms with Gasteiger partial charge in [0.2, 0.25) is 0 Å². The molecule has 2 rings (SSSR count). The maximum atomic E-state index is 13.5. The number of benzene rings is 1. The third kappa shape index (κ3) is 2.45. The topological polar surface area (TPSA) is 62.2 Å². The van der Waals surface area contributed by atoms with Crippen LogP contribution >= 0.6 is 0 Å². The summed E-state index contributed by atoms with van der Waals surface area (Å²) in [6, 6.07) is 5.67. The fourth-order valence-corrected chi connectivity index (χ4v) is 1.54. The molecule has 0 spiro atoms. The van der Waals surface area contributed by atoms with Gasteiger partial charge in [0.05, 0.1) is 5.56 Å². The van der Waals surface area contributed by atoms with E-state index < -0.39 is 11.8 Å². The van der Waals surface area contributed by atoms with Gasteiger partial charge in [-0.05, 0) is 36.8 Å². The van der Waals surface area contributed by atoms with Crippen molar-refractivity contribution in [3.63, 3.8) is 0 Å². The quantitative estimate of drug-likeness (QED) is 0.874. The third-order valence-electron chi connectivity index (χ3n) is 2.50. The molecule has 0 unspecified atom stereocenters. The monoisotopic (exact) mass is 246 g/mol. The van der Waals surface area contributed by atoms with Crippen LogP contribution in [0, 0.1) is 12.7 Å². The number of aryl methyl sites for hydroxylation is 1. The van der Waals surface area contributed by atoms with Crippen LogP contribution in [0.25, 0.3) is 0 Å². The molecule has 0 radical (unpaired) electrons. The molecule has 1 heterocycles. The number of carboxylic acid groups (broad SMARTS) is 1. The summed E-state index contributed by atoms with van der Waals surface area (Å²) in [6.07, 6.45) is 3.31. The highest BCUT2D eigenvalue weighted by Gasteiger charge is 2.10.